The van der Waals surface area contributed by atoms with E-state index in [1.54, 1.807) is 6.26 Å². The third kappa shape index (κ3) is 5.40. The van der Waals surface area contributed by atoms with Crippen molar-refractivity contribution in [3.8, 4) is 0 Å². The molecule has 0 radical (unpaired) electrons. The molecule has 0 atom stereocenters. The highest BCUT2D eigenvalue weighted by Gasteiger charge is 1.88. The maximum atomic E-state index is 5.20. The van der Waals surface area contributed by atoms with Crippen LogP contribution in [0.1, 0.15) is 39.4 Å². The second kappa shape index (κ2) is 6.89. The number of hydrogen-bond donors (Lipinski definition) is 0. The quantitative estimate of drug-likeness (QED) is 0.499. The van der Waals surface area contributed by atoms with Gasteiger partial charge in [-0.1, -0.05) is 29.4 Å². The van der Waals surface area contributed by atoms with E-state index in [4.69, 9.17) is 4.42 Å². The molecule has 0 saturated heterocycles. The molecule has 16 heavy (non-hydrogen) atoms. The van der Waals surface area contributed by atoms with E-state index in [9.17, 15) is 0 Å². The zero-order valence-electron chi connectivity index (χ0n) is 10.4. The van der Waals surface area contributed by atoms with Gasteiger partial charge >= 0.3 is 0 Å². The van der Waals surface area contributed by atoms with Crippen LogP contribution in [-0.4, -0.2) is 0 Å². The number of furan rings is 1. The molecule has 0 aliphatic rings. The molecule has 0 aliphatic carbocycles. The Labute approximate surface area is 98.2 Å². The smallest absolute Gasteiger partial charge is 0.126 e. The summed E-state index contributed by atoms with van der Waals surface area (Å²) in [5.74, 6) is 0.897. The lowest BCUT2D eigenvalue weighted by Crippen LogP contribution is -1.75. The Morgan fingerprint density at radius 3 is 2.75 bits per heavy atom. The summed E-state index contributed by atoms with van der Waals surface area (Å²) in [6, 6.07) is 3.84. The Balaban J connectivity index is 2.36. The van der Waals surface area contributed by atoms with Gasteiger partial charge in [0.1, 0.15) is 5.76 Å². The summed E-state index contributed by atoms with van der Waals surface area (Å²) < 4.78 is 5.20. The van der Waals surface area contributed by atoms with E-state index < -0.39 is 0 Å². The van der Waals surface area contributed by atoms with E-state index in [0.29, 0.717) is 0 Å². The van der Waals surface area contributed by atoms with Gasteiger partial charge in [0.05, 0.1) is 6.26 Å². The summed E-state index contributed by atoms with van der Waals surface area (Å²) in [5.41, 5.74) is 2.78. The summed E-state index contributed by atoms with van der Waals surface area (Å²) in [7, 11) is 0. The van der Waals surface area contributed by atoms with Gasteiger partial charge in [-0.2, -0.15) is 0 Å². The first-order valence-electron chi connectivity index (χ1n) is 5.69. The third-order valence-electron chi connectivity index (χ3n) is 2.28. The van der Waals surface area contributed by atoms with Gasteiger partial charge in [-0.25, -0.2) is 0 Å². The zero-order chi connectivity index (χ0) is 11.8. The maximum absolute atomic E-state index is 5.20. The molecule has 0 bridgehead atoms. The van der Waals surface area contributed by atoms with E-state index in [1.807, 2.05) is 24.3 Å². The monoisotopic (exact) mass is 216 g/mol. The number of rotatable bonds is 5. The molecule has 1 nitrogen and oxygen atoms in total. The Bertz CT molecular complexity index is 374. The van der Waals surface area contributed by atoms with Crippen LogP contribution >= 0.6 is 0 Å². The fourth-order valence-electron chi connectivity index (χ4n) is 1.37. The van der Waals surface area contributed by atoms with Crippen molar-refractivity contribution in [1.82, 2.24) is 0 Å². The molecule has 1 rings (SSSR count). The Morgan fingerprint density at radius 1 is 1.31 bits per heavy atom. The molecule has 0 spiro atoms. The van der Waals surface area contributed by atoms with Crippen LogP contribution in [0.4, 0.5) is 0 Å². The van der Waals surface area contributed by atoms with Crippen LogP contribution in [0.3, 0.4) is 0 Å². The van der Waals surface area contributed by atoms with Crippen molar-refractivity contribution in [3.63, 3.8) is 0 Å². The summed E-state index contributed by atoms with van der Waals surface area (Å²) in [5, 5.41) is 0. The van der Waals surface area contributed by atoms with Gasteiger partial charge in [-0.15, -0.1) is 0 Å². The molecule has 86 valence electrons. The van der Waals surface area contributed by atoms with Crippen LogP contribution in [0, 0.1) is 0 Å². The molecule has 0 unspecified atom stereocenters. The van der Waals surface area contributed by atoms with Crippen molar-refractivity contribution in [2.45, 2.75) is 33.6 Å². The molecule has 1 aromatic heterocycles. The van der Waals surface area contributed by atoms with E-state index in [0.717, 1.165) is 18.6 Å². The Morgan fingerprint density at radius 2 is 2.12 bits per heavy atom. The Hall–Kier alpha value is -1.50. The lowest BCUT2D eigenvalue weighted by molar-refractivity contribution is 0.557. The minimum Gasteiger partial charge on any atom is -0.465 e. The lowest BCUT2D eigenvalue weighted by atomic mass is 10.1. The van der Waals surface area contributed by atoms with Gasteiger partial charge in [-0.3, -0.25) is 0 Å². The van der Waals surface area contributed by atoms with Gasteiger partial charge in [0.15, 0.2) is 0 Å². The van der Waals surface area contributed by atoms with E-state index in [-0.39, 0.29) is 0 Å². The molecule has 1 heterocycles. The normalized spacial score (nSPS) is 12.1. The highest BCUT2D eigenvalue weighted by molar-refractivity contribution is 5.45. The average Bonchev–Trinajstić information content (AvgIpc) is 2.70. The molecule has 0 fully saturated rings. The van der Waals surface area contributed by atoms with E-state index in [2.05, 4.69) is 32.9 Å². The van der Waals surface area contributed by atoms with Crippen molar-refractivity contribution in [2.75, 3.05) is 0 Å². The molecule has 0 amide bonds. The standard InChI is InChI=1S/C15H20O/c1-13(2)7-4-8-14(3)9-5-10-15-11-6-12-16-15/h5-7,9-12H,4,8H2,1-3H3/b10-5?,14-9+. The summed E-state index contributed by atoms with van der Waals surface area (Å²) >= 11 is 0. The van der Waals surface area contributed by atoms with Crippen molar-refractivity contribution in [2.24, 2.45) is 0 Å². The topological polar surface area (TPSA) is 13.1 Å². The SMILES string of the molecule is CC(C)=CCC/C(C)=C/C=Cc1ccco1. The first-order valence-corrected chi connectivity index (χ1v) is 5.69. The van der Waals surface area contributed by atoms with Gasteiger partial charge in [0, 0.05) is 0 Å². The van der Waals surface area contributed by atoms with Gasteiger partial charge in [0.2, 0.25) is 0 Å². The highest BCUT2D eigenvalue weighted by Crippen LogP contribution is 2.08. The van der Waals surface area contributed by atoms with Crippen LogP contribution in [0.25, 0.3) is 6.08 Å². The minimum absolute atomic E-state index is 0.897. The van der Waals surface area contributed by atoms with Crippen molar-refractivity contribution in [3.05, 3.63) is 53.5 Å². The summed E-state index contributed by atoms with van der Waals surface area (Å²) in [4.78, 5) is 0. The summed E-state index contributed by atoms with van der Waals surface area (Å²) in [6.07, 6.45) is 12.4. The molecule has 0 aliphatic heterocycles. The molecule has 0 N–H and O–H groups in total. The fraction of sp³-hybridized carbons (Fsp3) is 0.333. The average molecular weight is 216 g/mol. The van der Waals surface area contributed by atoms with Crippen LogP contribution in [-0.2, 0) is 0 Å². The molecule has 1 heteroatoms. The molecular weight excluding hydrogens is 196 g/mol. The third-order valence-corrected chi connectivity index (χ3v) is 2.28. The first kappa shape index (κ1) is 12.6. The highest BCUT2D eigenvalue weighted by atomic mass is 16.3. The van der Waals surface area contributed by atoms with Crippen LogP contribution in [0.5, 0.6) is 0 Å². The van der Waals surface area contributed by atoms with Crippen molar-refractivity contribution < 1.29 is 4.42 Å². The van der Waals surface area contributed by atoms with Gasteiger partial charge in [-0.05, 0) is 51.8 Å². The van der Waals surface area contributed by atoms with Crippen LogP contribution < -0.4 is 0 Å². The molecule has 1 aromatic rings. The number of allylic oxidation sites excluding steroid dienone is 5. The lowest BCUT2D eigenvalue weighted by Gasteiger charge is -1.96. The van der Waals surface area contributed by atoms with Crippen molar-refractivity contribution in [1.29, 1.82) is 0 Å². The Kier molecular flexibility index (Phi) is 5.41. The number of hydrogen-bond acceptors (Lipinski definition) is 1. The molecule has 0 saturated carbocycles. The second-order valence-electron chi connectivity index (χ2n) is 4.21. The van der Waals surface area contributed by atoms with E-state index >= 15 is 0 Å². The van der Waals surface area contributed by atoms with Gasteiger partial charge in [0.25, 0.3) is 0 Å². The predicted molar refractivity (Wildman–Crippen MR) is 70.2 cm³/mol. The van der Waals surface area contributed by atoms with Crippen LogP contribution in [0.15, 0.2) is 52.2 Å². The first-order chi connectivity index (χ1) is 7.68. The second-order valence-corrected chi connectivity index (χ2v) is 4.21. The molecular formula is C15H20O. The maximum Gasteiger partial charge on any atom is 0.126 e. The fourth-order valence-corrected chi connectivity index (χ4v) is 1.37. The van der Waals surface area contributed by atoms with E-state index in [1.165, 1.54) is 11.1 Å². The summed E-state index contributed by atoms with van der Waals surface area (Å²) in [6.45, 7) is 6.43. The largest absolute Gasteiger partial charge is 0.465 e. The minimum atomic E-state index is 0.897. The van der Waals surface area contributed by atoms with Crippen LogP contribution in [0.2, 0.25) is 0 Å². The zero-order valence-corrected chi connectivity index (χ0v) is 10.4. The molecule has 0 aromatic carbocycles. The van der Waals surface area contributed by atoms with Crippen molar-refractivity contribution >= 4 is 6.08 Å². The predicted octanol–water partition coefficient (Wildman–Crippen LogP) is 4.99. The van der Waals surface area contributed by atoms with Gasteiger partial charge < -0.3 is 4.42 Å².